The van der Waals surface area contributed by atoms with Crippen LogP contribution >= 0.6 is 0 Å². The first-order valence-electron chi connectivity index (χ1n) is 6.51. The van der Waals surface area contributed by atoms with E-state index in [1.165, 1.54) is 0 Å². The zero-order valence-corrected chi connectivity index (χ0v) is 12.5. The van der Waals surface area contributed by atoms with Crippen LogP contribution in [0.1, 0.15) is 43.9 Å². The lowest BCUT2D eigenvalue weighted by Crippen LogP contribution is -2.41. The van der Waals surface area contributed by atoms with Crippen LogP contribution in [0.5, 0.6) is 0 Å². The van der Waals surface area contributed by atoms with Gasteiger partial charge in [-0.2, -0.15) is 13.2 Å². The highest BCUT2D eigenvalue weighted by Crippen LogP contribution is 2.37. The number of carbonyl (C=O) groups is 1. The predicted octanol–water partition coefficient (Wildman–Crippen LogP) is 2.10. The van der Waals surface area contributed by atoms with Crippen molar-refractivity contribution in [1.82, 2.24) is 4.98 Å². The van der Waals surface area contributed by atoms with Crippen LogP contribution in [0, 0.1) is 0 Å². The Morgan fingerprint density at radius 2 is 1.68 bits per heavy atom. The summed E-state index contributed by atoms with van der Waals surface area (Å²) in [7, 11) is -1.09. The summed E-state index contributed by atoms with van der Waals surface area (Å²) in [6.07, 6.45) is -4.76. The zero-order valence-electron chi connectivity index (χ0n) is 12.5. The van der Waals surface area contributed by atoms with E-state index in [4.69, 9.17) is 14.4 Å². The fourth-order valence-corrected chi connectivity index (χ4v) is 1.92. The number of pyridine rings is 1. The van der Waals surface area contributed by atoms with Crippen molar-refractivity contribution in [3.05, 3.63) is 23.5 Å². The third-order valence-electron chi connectivity index (χ3n) is 3.88. The molecule has 1 aliphatic heterocycles. The smallest absolute Gasteiger partial charge is 0.477 e. The minimum absolute atomic E-state index is 0.0293. The third-order valence-corrected chi connectivity index (χ3v) is 3.88. The molecule has 22 heavy (non-hydrogen) atoms. The van der Waals surface area contributed by atoms with E-state index in [2.05, 4.69) is 4.98 Å². The molecular weight excluding hydrogens is 302 g/mol. The monoisotopic (exact) mass is 317 g/mol. The number of halogens is 3. The van der Waals surface area contributed by atoms with Gasteiger partial charge in [-0.3, -0.25) is 0 Å². The molecule has 0 spiro atoms. The van der Waals surface area contributed by atoms with Crippen molar-refractivity contribution in [2.45, 2.75) is 45.1 Å². The molecule has 1 saturated heterocycles. The van der Waals surface area contributed by atoms with Crippen LogP contribution in [-0.4, -0.2) is 34.4 Å². The van der Waals surface area contributed by atoms with Crippen molar-refractivity contribution in [2.75, 3.05) is 0 Å². The molecular formula is C13H15BF3NO4. The minimum Gasteiger partial charge on any atom is -0.477 e. The molecule has 1 fully saturated rings. The number of hydrogen-bond acceptors (Lipinski definition) is 4. The van der Waals surface area contributed by atoms with Crippen molar-refractivity contribution in [3.63, 3.8) is 0 Å². The summed E-state index contributed by atoms with van der Waals surface area (Å²) in [5, 5.41) is 8.94. The van der Waals surface area contributed by atoms with Gasteiger partial charge >= 0.3 is 19.3 Å². The van der Waals surface area contributed by atoms with Crippen molar-refractivity contribution >= 4 is 18.6 Å². The Labute approximate surface area is 125 Å². The molecule has 2 heterocycles. The van der Waals surface area contributed by atoms with Crippen LogP contribution in [0.2, 0.25) is 0 Å². The minimum atomic E-state index is -4.76. The first-order chi connectivity index (χ1) is 9.83. The molecule has 0 bridgehead atoms. The molecule has 9 heteroatoms. The van der Waals surface area contributed by atoms with Gasteiger partial charge in [0.1, 0.15) is 11.4 Å². The van der Waals surface area contributed by atoms with E-state index in [1.54, 1.807) is 27.7 Å². The predicted molar refractivity (Wildman–Crippen MR) is 71.9 cm³/mol. The molecule has 0 radical (unpaired) electrons. The molecule has 1 N–H and O–H groups in total. The molecule has 120 valence electrons. The van der Waals surface area contributed by atoms with Crippen LogP contribution in [0.4, 0.5) is 13.2 Å². The average Bonchev–Trinajstić information content (AvgIpc) is 2.57. The van der Waals surface area contributed by atoms with E-state index < -0.39 is 41.9 Å². The summed E-state index contributed by atoms with van der Waals surface area (Å²) in [6.45, 7) is 6.99. The lowest BCUT2D eigenvalue weighted by molar-refractivity contribution is -0.141. The largest absolute Gasteiger partial charge is 0.494 e. The molecule has 5 nitrogen and oxygen atoms in total. The van der Waals surface area contributed by atoms with Gasteiger partial charge in [-0.05, 0) is 45.3 Å². The SMILES string of the molecule is CC1(C)OB(c2cc(C(=O)O)nc(C(F)(F)F)c2)OC1(C)C. The Bertz CT molecular complexity index is 600. The van der Waals surface area contributed by atoms with E-state index in [0.29, 0.717) is 0 Å². The van der Waals surface area contributed by atoms with Gasteiger partial charge in [-0.1, -0.05) is 0 Å². The van der Waals surface area contributed by atoms with Gasteiger partial charge in [0, 0.05) is 0 Å². The Morgan fingerprint density at radius 3 is 2.09 bits per heavy atom. The molecule has 1 aromatic rings. The number of nitrogens with zero attached hydrogens (tertiary/aromatic N) is 1. The molecule has 0 saturated carbocycles. The highest BCUT2D eigenvalue weighted by Gasteiger charge is 2.52. The van der Waals surface area contributed by atoms with Gasteiger partial charge in [0.15, 0.2) is 0 Å². The lowest BCUT2D eigenvalue weighted by atomic mass is 9.78. The molecule has 0 unspecified atom stereocenters. The van der Waals surface area contributed by atoms with Crippen LogP contribution in [-0.2, 0) is 15.5 Å². The lowest BCUT2D eigenvalue weighted by Gasteiger charge is -2.32. The topological polar surface area (TPSA) is 68.7 Å². The third kappa shape index (κ3) is 2.96. The first-order valence-corrected chi connectivity index (χ1v) is 6.51. The van der Waals surface area contributed by atoms with Crippen molar-refractivity contribution in [1.29, 1.82) is 0 Å². The van der Waals surface area contributed by atoms with Crippen LogP contribution in [0.25, 0.3) is 0 Å². The number of aromatic carboxylic acids is 1. The van der Waals surface area contributed by atoms with E-state index in [1.807, 2.05) is 0 Å². The van der Waals surface area contributed by atoms with Gasteiger partial charge in [-0.15, -0.1) is 0 Å². The second-order valence-corrected chi connectivity index (χ2v) is 6.06. The number of aromatic nitrogens is 1. The van der Waals surface area contributed by atoms with Gasteiger partial charge in [0.05, 0.1) is 11.2 Å². The molecule has 0 atom stereocenters. The van der Waals surface area contributed by atoms with Crippen LogP contribution in [0.3, 0.4) is 0 Å². The number of rotatable bonds is 2. The van der Waals surface area contributed by atoms with Gasteiger partial charge in [-0.25, -0.2) is 9.78 Å². The van der Waals surface area contributed by atoms with E-state index >= 15 is 0 Å². The molecule has 1 aromatic heterocycles. The maximum atomic E-state index is 12.9. The standard InChI is InChI=1S/C13H15BF3NO4/c1-11(2)12(3,4)22-14(21-11)7-5-8(10(19)20)18-9(6-7)13(15,16)17/h5-6H,1-4H3,(H,19,20). The Balaban J connectivity index is 2.48. The van der Waals surface area contributed by atoms with Crippen LogP contribution in [0.15, 0.2) is 12.1 Å². The summed E-state index contributed by atoms with van der Waals surface area (Å²) >= 11 is 0. The first kappa shape index (κ1) is 16.8. The number of hydrogen-bond donors (Lipinski definition) is 1. The van der Waals surface area contributed by atoms with Gasteiger partial charge in [0.25, 0.3) is 0 Å². The normalized spacial score (nSPS) is 20.2. The number of carboxylic acids is 1. The summed E-state index contributed by atoms with van der Waals surface area (Å²) in [5.74, 6) is -1.55. The molecule has 0 amide bonds. The maximum Gasteiger partial charge on any atom is 0.494 e. The van der Waals surface area contributed by atoms with Crippen LogP contribution < -0.4 is 5.46 Å². The van der Waals surface area contributed by atoms with Crippen molar-refractivity contribution < 1.29 is 32.4 Å². The zero-order chi connectivity index (χ0) is 16.9. The average molecular weight is 317 g/mol. The fraction of sp³-hybridized carbons (Fsp3) is 0.538. The summed E-state index contributed by atoms with van der Waals surface area (Å²) in [5.41, 5.74) is -3.53. The summed E-state index contributed by atoms with van der Waals surface area (Å²) in [6, 6.07) is 1.77. The molecule has 0 aromatic carbocycles. The van der Waals surface area contributed by atoms with Crippen molar-refractivity contribution in [3.8, 4) is 0 Å². The second-order valence-electron chi connectivity index (χ2n) is 6.06. The van der Waals surface area contributed by atoms with E-state index in [-0.39, 0.29) is 5.46 Å². The van der Waals surface area contributed by atoms with E-state index in [9.17, 15) is 18.0 Å². The highest BCUT2D eigenvalue weighted by molar-refractivity contribution is 6.62. The van der Waals surface area contributed by atoms with Crippen molar-refractivity contribution in [2.24, 2.45) is 0 Å². The molecule has 0 aliphatic carbocycles. The number of carboxylic acid groups (broad SMARTS) is 1. The molecule has 1 aliphatic rings. The van der Waals surface area contributed by atoms with Gasteiger partial charge < -0.3 is 14.4 Å². The number of alkyl halides is 3. The highest BCUT2D eigenvalue weighted by atomic mass is 19.4. The summed E-state index contributed by atoms with van der Waals surface area (Å²) < 4.78 is 49.9. The Morgan fingerprint density at radius 1 is 1.18 bits per heavy atom. The van der Waals surface area contributed by atoms with Gasteiger partial charge in [0.2, 0.25) is 0 Å². The van der Waals surface area contributed by atoms with E-state index in [0.717, 1.165) is 12.1 Å². The quantitative estimate of drug-likeness (QED) is 0.846. The summed E-state index contributed by atoms with van der Waals surface area (Å²) in [4.78, 5) is 14.1. The Kier molecular flexibility index (Phi) is 3.77. The fourth-order valence-electron chi connectivity index (χ4n) is 1.92. The molecule has 2 rings (SSSR count). The Hall–Kier alpha value is -1.61. The second kappa shape index (κ2) is 4.95. The maximum absolute atomic E-state index is 12.9.